The van der Waals surface area contributed by atoms with E-state index in [1.54, 1.807) is 0 Å². The van der Waals surface area contributed by atoms with Crippen LogP contribution in [0.15, 0.2) is 0 Å². The van der Waals surface area contributed by atoms with Crippen LogP contribution in [0, 0.1) is 23.3 Å². The third-order valence-electron chi connectivity index (χ3n) is 1.46. The molecule has 0 atom stereocenters. The molecular formula is C7H5F4NO. The van der Waals surface area contributed by atoms with Gasteiger partial charge < -0.3 is 10.5 Å². The summed E-state index contributed by atoms with van der Waals surface area (Å²) in [5.74, 6) is -7.81. The Hall–Kier alpha value is -1.46. The lowest BCUT2D eigenvalue weighted by molar-refractivity contribution is 0.337. The molecule has 0 unspecified atom stereocenters. The molecule has 0 spiro atoms. The fourth-order valence-corrected chi connectivity index (χ4v) is 0.808. The average molecular weight is 195 g/mol. The molecule has 72 valence electrons. The number of hydrogen-bond acceptors (Lipinski definition) is 2. The Morgan fingerprint density at radius 1 is 0.923 bits per heavy atom. The highest BCUT2D eigenvalue weighted by Gasteiger charge is 2.24. The Morgan fingerprint density at radius 2 is 1.46 bits per heavy atom. The van der Waals surface area contributed by atoms with Crippen molar-refractivity contribution >= 4 is 5.69 Å². The van der Waals surface area contributed by atoms with E-state index in [1.807, 2.05) is 0 Å². The number of nitrogen functional groups attached to an aromatic ring is 1. The van der Waals surface area contributed by atoms with Crippen LogP contribution in [0.5, 0.6) is 5.75 Å². The molecule has 0 aliphatic rings. The molecule has 1 aromatic rings. The van der Waals surface area contributed by atoms with Crippen molar-refractivity contribution in [1.82, 2.24) is 0 Å². The van der Waals surface area contributed by atoms with E-state index in [9.17, 15) is 17.6 Å². The summed E-state index contributed by atoms with van der Waals surface area (Å²) >= 11 is 0. The third-order valence-corrected chi connectivity index (χ3v) is 1.46. The number of halogens is 4. The first-order chi connectivity index (χ1) is 6.00. The van der Waals surface area contributed by atoms with Gasteiger partial charge in [-0.1, -0.05) is 0 Å². The van der Waals surface area contributed by atoms with Crippen molar-refractivity contribution in [2.24, 2.45) is 0 Å². The summed E-state index contributed by atoms with van der Waals surface area (Å²) in [6.45, 7) is 0. The monoisotopic (exact) mass is 195 g/mol. The van der Waals surface area contributed by atoms with Gasteiger partial charge in [0.2, 0.25) is 11.6 Å². The fraction of sp³-hybridized carbons (Fsp3) is 0.143. The van der Waals surface area contributed by atoms with Crippen LogP contribution in [-0.4, -0.2) is 7.11 Å². The normalized spacial score (nSPS) is 10.2. The summed E-state index contributed by atoms with van der Waals surface area (Å²) in [4.78, 5) is 0. The van der Waals surface area contributed by atoms with Gasteiger partial charge in [0.05, 0.1) is 7.11 Å². The maximum Gasteiger partial charge on any atom is 0.206 e. The summed E-state index contributed by atoms with van der Waals surface area (Å²) in [5, 5.41) is 0. The second-order valence-electron chi connectivity index (χ2n) is 2.20. The second-order valence-corrected chi connectivity index (χ2v) is 2.20. The Morgan fingerprint density at radius 3 is 1.92 bits per heavy atom. The highest BCUT2D eigenvalue weighted by Crippen LogP contribution is 2.30. The molecule has 0 fully saturated rings. The van der Waals surface area contributed by atoms with Crippen molar-refractivity contribution in [2.45, 2.75) is 0 Å². The van der Waals surface area contributed by atoms with Crippen LogP contribution in [-0.2, 0) is 0 Å². The minimum absolute atomic E-state index is 0.915. The van der Waals surface area contributed by atoms with Gasteiger partial charge >= 0.3 is 0 Å². The molecule has 2 nitrogen and oxygen atoms in total. The molecule has 0 amide bonds. The first-order valence-corrected chi connectivity index (χ1v) is 3.16. The maximum absolute atomic E-state index is 12.8. The number of ether oxygens (including phenoxy) is 1. The van der Waals surface area contributed by atoms with Gasteiger partial charge in [-0.3, -0.25) is 0 Å². The van der Waals surface area contributed by atoms with Gasteiger partial charge in [0.1, 0.15) is 5.69 Å². The summed E-state index contributed by atoms with van der Waals surface area (Å²) in [5.41, 5.74) is 3.69. The largest absolute Gasteiger partial charge is 0.491 e. The molecule has 0 heterocycles. The molecule has 0 aliphatic heterocycles. The minimum atomic E-state index is -1.85. The summed E-state index contributed by atoms with van der Waals surface area (Å²) in [6, 6.07) is 0. The highest BCUT2D eigenvalue weighted by atomic mass is 19.2. The molecule has 2 N–H and O–H groups in total. The van der Waals surface area contributed by atoms with E-state index in [0.29, 0.717) is 0 Å². The van der Waals surface area contributed by atoms with Crippen molar-refractivity contribution in [3.63, 3.8) is 0 Å². The molecular weight excluding hydrogens is 190 g/mol. The van der Waals surface area contributed by atoms with Gasteiger partial charge in [0, 0.05) is 0 Å². The van der Waals surface area contributed by atoms with Crippen LogP contribution in [0.25, 0.3) is 0 Å². The lowest BCUT2D eigenvalue weighted by atomic mass is 10.2. The minimum Gasteiger partial charge on any atom is -0.491 e. The summed E-state index contributed by atoms with van der Waals surface area (Å²) < 4.78 is 54.7. The van der Waals surface area contributed by atoms with Crippen LogP contribution < -0.4 is 10.5 Å². The van der Waals surface area contributed by atoms with Crippen molar-refractivity contribution in [3.8, 4) is 5.75 Å². The molecule has 0 saturated heterocycles. The van der Waals surface area contributed by atoms with E-state index in [0.717, 1.165) is 7.11 Å². The Labute approximate surface area is 70.9 Å². The van der Waals surface area contributed by atoms with Gasteiger partial charge in [0.15, 0.2) is 17.4 Å². The zero-order valence-corrected chi connectivity index (χ0v) is 6.50. The van der Waals surface area contributed by atoms with Crippen molar-refractivity contribution in [3.05, 3.63) is 23.3 Å². The van der Waals surface area contributed by atoms with Crippen LogP contribution in [0.4, 0.5) is 23.2 Å². The zero-order chi connectivity index (χ0) is 10.2. The predicted octanol–water partition coefficient (Wildman–Crippen LogP) is 1.83. The van der Waals surface area contributed by atoms with Gasteiger partial charge in [-0.15, -0.1) is 0 Å². The van der Waals surface area contributed by atoms with E-state index in [4.69, 9.17) is 5.73 Å². The molecule has 0 bridgehead atoms. The number of benzene rings is 1. The molecule has 13 heavy (non-hydrogen) atoms. The lowest BCUT2D eigenvalue weighted by Gasteiger charge is -2.07. The topological polar surface area (TPSA) is 35.2 Å². The quantitative estimate of drug-likeness (QED) is 0.321. The molecule has 0 saturated carbocycles. The van der Waals surface area contributed by atoms with E-state index in [1.165, 1.54) is 0 Å². The van der Waals surface area contributed by atoms with Gasteiger partial charge in [0.25, 0.3) is 0 Å². The number of rotatable bonds is 1. The first-order valence-electron chi connectivity index (χ1n) is 3.16. The first kappa shape index (κ1) is 9.63. The van der Waals surface area contributed by atoms with Crippen LogP contribution in [0.3, 0.4) is 0 Å². The van der Waals surface area contributed by atoms with E-state index < -0.39 is 34.7 Å². The highest BCUT2D eigenvalue weighted by molar-refractivity contribution is 5.48. The number of methoxy groups -OCH3 is 1. The predicted molar refractivity (Wildman–Crippen MR) is 37.2 cm³/mol. The van der Waals surface area contributed by atoms with Crippen molar-refractivity contribution < 1.29 is 22.3 Å². The van der Waals surface area contributed by atoms with Crippen LogP contribution in [0.2, 0.25) is 0 Å². The standard InChI is InChI=1S/C7H5F4NO/c1-13-7-4(10)2(8)3(9)6(12)5(7)11/h12H2,1H3. The van der Waals surface area contributed by atoms with Crippen molar-refractivity contribution in [1.29, 1.82) is 0 Å². The maximum atomic E-state index is 12.8. The fourth-order valence-electron chi connectivity index (χ4n) is 0.808. The Bertz CT molecular complexity index is 324. The molecule has 0 aliphatic carbocycles. The van der Waals surface area contributed by atoms with Gasteiger partial charge in [-0.2, -0.15) is 4.39 Å². The average Bonchev–Trinajstić information content (AvgIpc) is 2.13. The SMILES string of the molecule is COc1c(F)c(N)c(F)c(F)c1F. The van der Waals surface area contributed by atoms with Crippen molar-refractivity contribution in [2.75, 3.05) is 12.8 Å². The smallest absolute Gasteiger partial charge is 0.206 e. The number of anilines is 1. The molecule has 1 aromatic carbocycles. The van der Waals surface area contributed by atoms with Gasteiger partial charge in [-0.25, -0.2) is 13.2 Å². The Balaban J connectivity index is 3.56. The molecule has 0 radical (unpaired) electrons. The van der Waals surface area contributed by atoms with E-state index in [-0.39, 0.29) is 0 Å². The summed E-state index contributed by atoms with van der Waals surface area (Å²) in [7, 11) is 0.915. The number of hydrogen-bond donors (Lipinski definition) is 1. The lowest BCUT2D eigenvalue weighted by Crippen LogP contribution is -2.05. The zero-order valence-electron chi connectivity index (χ0n) is 6.50. The molecule has 1 rings (SSSR count). The third kappa shape index (κ3) is 1.28. The van der Waals surface area contributed by atoms with Gasteiger partial charge in [-0.05, 0) is 0 Å². The number of nitrogens with two attached hydrogens (primary N) is 1. The molecule has 0 aromatic heterocycles. The van der Waals surface area contributed by atoms with Crippen LogP contribution in [0.1, 0.15) is 0 Å². The second kappa shape index (κ2) is 3.12. The van der Waals surface area contributed by atoms with Crippen LogP contribution >= 0.6 is 0 Å². The molecule has 6 heteroatoms. The van der Waals surface area contributed by atoms with E-state index >= 15 is 0 Å². The summed E-state index contributed by atoms with van der Waals surface area (Å²) in [6.07, 6.45) is 0. The van der Waals surface area contributed by atoms with E-state index in [2.05, 4.69) is 4.74 Å². The Kier molecular flexibility index (Phi) is 2.31.